The fourth-order valence-electron chi connectivity index (χ4n) is 9.02. The first kappa shape index (κ1) is 39.1. The van der Waals surface area contributed by atoms with E-state index in [0.29, 0.717) is 49.4 Å². The van der Waals surface area contributed by atoms with Gasteiger partial charge in [-0.1, -0.05) is 39.3 Å². The second kappa shape index (κ2) is 16.3. The van der Waals surface area contributed by atoms with Crippen LogP contribution in [-0.4, -0.2) is 90.4 Å². The maximum Gasteiger partial charge on any atom is 0.253 e. The van der Waals surface area contributed by atoms with E-state index in [-0.39, 0.29) is 43.3 Å². The van der Waals surface area contributed by atoms with E-state index in [1.165, 1.54) is 0 Å². The summed E-state index contributed by atoms with van der Waals surface area (Å²) in [5, 5.41) is 10.9. The van der Waals surface area contributed by atoms with Crippen LogP contribution in [0, 0.1) is 17.8 Å². The topological polar surface area (TPSA) is 103 Å². The number of hydrogen-bond acceptors (Lipinski definition) is 7. The summed E-state index contributed by atoms with van der Waals surface area (Å²) < 4.78 is 12.8. The second-order valence-electron chi connectivity index (χ2n) is 14.3. The van der Waals surface area contributed by atoms with Gasteiger partial charge in [0.25, 0.3) is 5.91 Å². The molecule has 0 aromatic heterocycles. The van der Waals surface area contributed by atoms with Crippen LogP contribution in [0.2, 0.25) is 0 Å². The van der Waals surface area contributed by atoms with Gasteiger partial charge in [0.2, 0.25) is 11.8 Å². The number of amides is 3. The molecule has 7 atom stereocenters. The van der Waals surface area contributed by atoms with Crippen LogP contribution in [-0.2, 0) is 19.1 Å². The highest BCUT2D eigenvalue weighted by molar-refractivity contribution is 6.07. The molecule has 5 rings (SSSR count). The van der Waals surface area contributed by atoms with E-state index in [0.717, 1.165) is 18.8 Å². The molecule has 2 aromatic carbocycles. The molecule has 0 radical (unpaired) electrons. The number of anilines is 3. The van der Waals surface area contributed by atoms with Crippen molar-refractivity contribution in [2.75, 3.05) is 54.1 Å². The van der Waals surface area contributed by atoms with E-state index in [1.54, 1.807) is 26.9 Å². The Morgan fingerprint density at radius 2 is 1.48 bits per heavy atom. The average molecular weight is 715 g/mol. The number of aliphatic hydroxyl groups is 1. The van der Waals surface area contributed by atoms with Crippen LogP contribution in [0.25, 0.3) is 0 Å². The number of aliphatic hydroxyl groups excluding tert-OH is 1. The quantitative estimate of drug-likeness (QED) is 0.183. The second-order valence-corrected chi connectivity index (χ2v) is 14.3. The Hall–Kier alpha value is -4.15. The highest BCUT2D eigenvalue weighted by Gasteiger charge is 2.79. The first-order chi connectivity index (χ1) is 25.1. The van der Waals surface area contributed by atoms with Gasteiger partial charge in [-0.2, -0.15) is 0 Å². The lowest BCUT2D eigenvalue weighted by Gasteiger charge is -2.41. The van der Waals surface area contributed by atoms with Gasteiger partial charge in [0, 0.05) is 43.2 Å². The summed E-state index contributed by atoms with van der Waals surface area (Å²) in [6.45, 7) is 22.4. The van der Waals surface area contributed by atoms with Gasteiger partial charge in [-0.25, -0.2) is 0 Å². The Bertz CT molecular complexity index is 1590. The number of hydrogen-bond donors (Lipinski definition) is 1. The first-order valence-electron chi connectivity index (χ1n) is 19.1. The molecule has 2 unspecified atom stereocenters. The Balaban J connectivity index is 1.63. The van der Waals surface area contributed by atoms with Crippen LogP contribution < -0.4 is 19.4 Å². The molecule has 52 heavy (non-hydrogen) atoms. The molecule has 3 amide bonds. The zero-order chi connectivity index (χ0) is 37.8. The third kappa shape index (κ3) is 6.53. The first-order valence-corrected chi connectivity index (χ1v) is 19.1. The van der Waals surface area contributed by atoms with Crippen LogP contribution in [0.1, 0.15) is 67.2 Å². The van der Waals surface area contributed by atoms with E-state index < -0.39 is 35.1 Å². The van der Waals surface area contributed by atoms with Gasteiger partial charge in [-0.3, -0.25) is 14.4 Å². The summed E-state index contributed by atoms with van der Waals surface area (Å²) in [5.41, 5.74) is 0.186. The molecule has 3 aliphatic heterocycles. The maximum absolute atomic E-state index is 15.3. The molecular weight excluding hydrogens is 656 g/mol. The van der Waals surface area contributed by atoms with Crippen molar-refractivity contribution in [3.8, 4) is 5.75 Å². The Morgan fingerprint density at radius 3 is 1.98 bits per heavy atom. The lowest BCUT2D eigenvalue weighted by Crippen LogP contribution is -2.60. The lowest BCUT2D eigenvalue weighted by molar-refractivity contribution is -0.150. The molecule has 10 heteroatoms. The molecule has 3 heterocycles. The van der Waals surface area contributed by atoms with Gasteiger partial charge in [-0.05, 0) is 94.5 Å². The van der Waals surface area contributed by atoms with E-state index in [9.17, 15) is 5.11 Å². The number of fused-ring (bicyclic) bond motifs is 1. The normalized spacial score (nSPS) is 25.7. The van der Waals surface area contributed by atoms with Crippen LogP contribution in [0.4, 0.5) is 17.1 Å². The van der Waals surface area contributed by atoms with E-state index >= 15 is 14.4 Å². The number of benzene rings is 2. The van der Waals surface area contributed by atoms with Crippen molar-refractivity contribution in [3.63, 3.8) is 0 Å². The van der Waals surface area contributed by atoms with Crippen molar-refractivity contribution in [1.29, 1.82) is 0 Å². The third-order valence-corrected chi connectivity index (χ3v) is 11.9. The van der Waals surface area contributed by atoms with Gasteiger partial charge in [-0.15, -0.1) is 13.2 Å². The molecule has 0 saturated carbocycles. The molecule has 1 N–H and O–H groups in total. The molecule has 3 fully saturated rings. The maximum atomic E-state index is 15.3. The number of likely N-dealkylation sites (tertiary alicyclic amines) is 1. The van der Waals surface area contributed by atoms with Crippen molar-refractivity contribution in [2.24, 2.45) is 17.8 Å². The van der Waals surface area contributed by atoms with E-state index in [4.69, 9.17) is 9.47 Å². The number of nitrogens with zero attached hydrogens (tertiary/aromatic N) is 4. The summed E-state index contributed by atoms with van der Waals surface area (Å²) in [5.74, 6) is -2.03. The van der Waals surface area contributed by atoms with Crippen molar-refractivity contribution in [2.45, 2.75) is 90.5 Å². The fraction of sp³-hybridized carbons (Fsp3) is 0.548. The largest absolute Gasteiger partial charge is 0.494 e. The Morgan fingerprint density at radius 1 is 0.923 bits per heavy atom. The standard InChI is InChI=1S/C42H58N4O6/c1-9-26-44(32-20-22-33(23-21-32)51-15-7)38(48)35-36-39(49)46(34(28-47)29(8)11-3)37(42(36)25-24-41(35,12-4)52-42)40(50)45(27-10-2)31-18-16-30(17-19-31)43(13-5)14-6/h9-10,16-23,29,34-37,47H,1-2,11-15,24-28H2,3-8H3/t29-,34-,35-,36-,37?,41+,42?/m0/s1. The Labute approximate surface area is 310 Å². The van der Waals surface area contributed by atoms with Crippen molar-refractivity contribution in [1.82, 2.24) is 4.90 Å². The minimum atomic E-state index is -1.26. The van der Waals surface area contributed by atoms with Gasteiger partial charge < -0.3 is 34.2 Å². The van der Waals surface area contributed by atoms with Gasteiger partial charge in [0.1, 0.15) is 17.4 Å². The molecule has 3 aliphatic rings. The zero-order valence-electron chi connectivity index (χ0n) is 31.9. The SMILES string of the molecule is C=CCN(C(=O)C1N([C@@H](CO)[C@@H](C)CC)C(=O)[C@@H]2[C@@H](C(=O)N(CC=C)c3ccc(OCC)cc3)[C@@]3(CC)CCC12O3)c1ccc(N(CC)CC)cc1. The predicted octanol–water partition coefficient (Wildman–Crippen LogP) is 6.23. The van der Waals surface area contributed by atoms with Crippen LogP contribution >= 0.6 is 0 Å². The molecule has 2 aromatic rings. The highest BCUT2D eigenvalue weighted by Crippen LogP contribution is 2.65. The van der Waals surface area contributed by atoms with Gasteiger partial charge in [0.15, 0.2) is 0 Å². The highest BCUT2D eigenvalue weighted by atomic mass is 16.5. The third-order valence-electron chi connectivity index (χ3n) is 11.9. The molecule has 2 bridgehead atoms. The minimum absolute atomic E-state index is 0.117. The molecule has 282 valence electrons. The number of carbonyl (C=O) groups is 3. The summed E-state index contributed by atoms with van der Waals surface area (Å²) in [6.07, 6.45) is 5.51. The average Bonchev–Trinajstić information content (AvgIpc) is 3.77. The van der Waals surface area contributed by atoms with Gasteiger partial charge in [0.05, 0.1) is 36.7 Å². The van der Waals surface area contributed by atoms with Crippen molar-refractivity contribution in [3.05, 3.63) is 73.8 Å². The predicted molar refractivity (Wildman–Crippen MR) is 207 cm³/mol. The van der Waals surface area contributed by atoms with Crippen molar-refractivity contribution >= 4 is 34.8 Å². The summed E-state index contributed by atoms with van der Waals surface area (Å²) in [4.78, 5) is 52.6. The fourth-order valence-corrected chi connectivity index (χ4v) is 9.02. The number of rotatable bonds is 18. The van der Waals surface area contributed by atoms with Crippen LogP contribution in [0.15, 0.2) is 73.8 Å². The molecule has 0 aliphatic carbocycles. The molecule has 10 nitrogen and oxygen atoms in total. The minimum Gasteiger partial charge on any atom is -0.494 e. The Kier molecular flexibility index (Phi) is 12.2. The zero-order valence-corrected chi connectivity index (χ0v) is 31.9. The van der Waals surface area contributed by atoms with E-state index in [1.807, 2.05) is 76.2 Å². The summed E-state index contributed by atoms with van der Waals surface area (Å²) in [6, 6.07) is 13.5. The lowest BCUT2D eigenvalue weighted by atomic mass is 9.64. The van der Waals surface area contributed by atoms with Crippen molar-refractivity contribution < 1.29 is 29.0 Å². The summed E-state index contributed by atoms with van der Waals surface area (Å²) in [7, 11) is 0. The van der Waals surface area contributed by atoms with E-state index in [2.05, 4.69) is 31.9 Å². The molecular formula is C42H58N4O6. The van der Waals surface area contributed by atoms with Crippen LogP contribution in [0.5, 0.6) is 5.75 Å². The monoisotopic (exact) mass is 714 g/mol. The summed E-state index contributed by atoms with van der Waals surface area (Å²) >= 11 is 0. The number of ether oxygens (including phenoxy) is 2. The smallest absolute Gasteiger partial charge is 0.253 e. The molecule has 3 saturated heterocycles. The van der Waals surface area contributed by atoms with Crippen LogP contribution in [0.3, 0.4) is 0 Å². The number of carbonyl (C=O) groups excluding carboxylic acids is 3. The van der Waals surface area contributed by atoms with Gasteiger partial charge >= 0.3 is 0 Å². The molecule has 1 spiro atoms.